The van der Waals surface area contributed by atoms with Gasteiger partial charge >= 0.3 is 5.97 Å². The van der Waals surface area contributed by atoms with Crippen molar-refractivity contribution >= 4 is 28.5 Å². The summed E-state index contributed by atoms with van der Waals surface area (Å²) in [5.41, 5.74) is 1.88. The largest absolute Gasteiger partial charge is 0.494 e. The monoisotopic (exact) mass is 572 g/mol. The Bertz CT molecular complexity index is 1210. The molecule has 0 radical (unpaired) electrons. The predicted molar refractivity (Wildman–Crippen MR) is 170 cm³/mol. The Morgan fingerprint density at radius 1 is 0.780 bits per heavy atom. The lowest BCUT2D eigenvalue weighted by molar-refractivity contribution is 0.0734. The van der Waals surface area contributed by atoms with Crippen molar-refractivity contribution in [2.45, 2.75) is 96.8 Å². The summed E-state index contributed by atoms with van der Waals surface area (Å²) in [4.78, 5) is 16.9. The minimum atomic E-state index is -0.415. The molecule has 0 unspecified atom stereocenters. The number of aliphatic imine (C=N–C) groups is 1. The van der Waals surface area contributed by atoms with Gasteiger partial charge in [0.05, 0.1) is 17.7 Å². The number of carbonyl (C=O) groups excluding carboxylic acids is 1. The summed E-state index contributed by atoms with van der Waals surface area (Å²) in [6, 6.07) is 18.1. The van der Waals surface area contributed by atoms with E-state index in [1.807, 2.05) is 29.6 Å². The SMILES string of the molecule is CCCCCCCCCCCCCCCCOc1ccc(C(=O)Oc2ccc(/C=N/c3sccc3C#N)cc2)cc1. The zero-order valence-electron chi connectivity index (χ0n) is 24.5. The highest BCUT2D eigenvalue weighted by molar-refractivity contribution is 7.14. The molecule has 3 aromatic rings. The summed E-state index contributed by atoms with van der Waals surface area (Å²) in [5, 5.41) is 11.6. The highest BCUT2D eigenvalue weighted by Gasteiger charge is 2.09. The highest BCUT2D eigenvalue weighted by atomic mass is 32.1. The second kappa shape index (κ2) is 19.6. The van der Waals surface area contributed by atoms with E-state index < -0.39 is 5.97 Å². The van der Waals surface area contributed by atoms with E-state index in [-0.39, 0.29) is 0 Å². The minimum Gasteiger partial charge on any atom is -0.494 e. The summed E-state index contributed by atoms with van der Waals surface area (Å²) in [6.07, 6.45) is 20.5. The van der Waals surface area contributed by atoms with Gasteiger partial charge < -0.3 is 9.47 Å². The van der Waals surface area contributed by atoms with E-state index in [0.29, 0.717) is 28.5 Å². The molecule has 3 rings (SSSR count). The maximum absolute atomic E-state index is 12.6. The molecule has 0 bridgehead atoms. The maximum Gasteiger partial charge on any atom is 0.343 e. The van der Waals surface area contributed by atoms with Crippen LogP contribution in [-0.4, -0.2) is 18.8 Å². The third-order valence-electron chi connectivity index (χ3n) is 7.04. The second-order valence-corrected chi connectivity index (χ2v) is 11.3. The number of unbranched alkanes of at least 4 members (excludes halogenated alkanes) is 13. The summed E-state index contributed by atoms with van der Waals surface area (Å²) in [7, 11) is 0. The average Bonchev–Trinajstić information content (AvgIpc) is 3.47. The number of esters is 1. The number of hydrogen-bond acceptors (Lipinski definition) is 6. The fraction of sp³-hybridized carbons (Fsp3) is 0.457. The molecule has 0 aliphatic rings. The fourth-order valence-electron chi connectivity index (χ4n) is 4.58. The zero-order valence-corrected chi connectivity index (χ0v) is 25.3. The number of benzene rings is 2. The van der Waals surface area contributed by atoms with Gasteiger partial charge in [0.15, 0.2) is 0 Å². The molecule has 0 aliphatic heterocycles. The van der Waals surface area contributed by atoms with Gasteiger partial charge in [0.2, 0.25) is 0 Å². The van der Waals surface area contributed by atoms with Crippen LogP contribution in [0.15, 0.2) is 65.0 Å². The molecule has 1 heterocycles. The van der Waals surface area contributed by atoms with Gasteiger partial charge in [-0.15, -0.1) is 11.3 Å². The first-order chi connectivity index (χ1) is 20.2. The zero-order chi connectivity index (χ0) is 29.0. The van der Waals surface area contributed by atoms with E-state index in [0.717, 1.165) is 17.7 Å². The first-order valence-electron chi connectivity index (χ1n) is 15.3. The Morgan fingerprint density at radius 3 is 1.93 bits per heavy atom. The molecule has 0 atom stereocenters. The van der Waals surface area contributed by atoms with Gasteiger partial charge in [0.25, 0.3) is 0 Å². The molecule has 0 aliphatic carbocycles. The second-order valence-electron chi connectivity index (χ2n) is 10.4. The number of carbonyl (C=O) groups is 1. The Balaban J connectivity index is 1.24. The van der Waals surface area contributed by atoms with Gasteiger partial charge in [-0.3, -0.25) is 0 Å². The fourth-order valence-corrected chi connectivity index (χ4v) is 5.27. The van der Waals surface area contributed by atoms with Gasteiger partial charge in [-0.05, 0) is 72.0 Å². The molecule has 0 saturated carbocycles. The lowest BCUT2D eigenvalue weighted by Gasteiger charge is -2.08. The van der Waals surface area contributed by atoms with Gasteiger partial charge in [0.1, 0.15) is 22.6 Å². The molecule has 0 spiro atoms. The van der Waals surface area contributed by atoms with Crippen molar-refractivity contribution in [3.05, 3.63) is 76.7 Å². The van der Waals surface area contributed by atoms with Crippen molar-refractivity contribution < 1.29 is 14.3 Å². The molecule has 1 aromatic heterocycles. The lowest BCUT2D eigenvalue weighted by Crippen LogP contribution is -2.08. The molecular weight excluding hydrogens is 528 g/mol. The topological polar surface area (TPSA) is 71.7 Å². The van der Waals surface area contributed by atoms with Gasteiger partial charge in [-0.2, -0.15) is 5.26 Å². The Kier molecular flexibility index (Phi) is 15.4. The van der Waals surface area contributed by atoms with Crippen LogP contribution in [-0.2, 0) is 0 Å². The van der Waals surface area contributed by atoms with Crippen molar-refractivity contribution in [3.8, 4) is 17.6 Å². The smallest absolute Gasteiger partial charge is 0.343 e. The van der Waals surface area contributed by atoms with E-state index in [2.05, 4.69) is 18.0 Å². The normalized spacial score (nSPS) is 11.0. The van der Waals surface area contributed by atoms with Crippen LogP contribution in [0.1, 0.15) is 118 Å². The van der Waals surface area contributed by atoms with Crippen molar-refractivity contribution in [3.63, 3.8) is 0 Å². The first kappa shape index (κ1) is 32.1. The van der Waals surface area contributed by atoms with Crippen molar-refractivity contribution in [2.75, 3.05) is 6.61 Å². The summed E-state index contributed by atoms with van der Waals surface area (Å²) in [6.45, 7) is 2.97. The van der Waals surface area contributed by atoms with Crippen LogP contribution < -0.4 is 9.47 Å². The Labute approximate surface area is 250 Å². The first-order valence-corrected chi connectivity index (χ1v) is 16.1. The van der Waals surface area contributed by atoms with Crippen LogP contribution in [0.4, 0.5) is 5.00 Å². The number of ether oxygens (including phenoxy) is 2. The Hall–Kier alpha value is -3.43. The van der Waals surface area contributed by atoms with Crippen molar-refractivity contribution in [2.24, 2.45) is 4.99 Å². The molecule has 0 amide bonds. The minimum absolute atomic E-state index is 0.415. The van der Waals surface area contributed by atoms with E-state index >= 15 is 0 Å². The van der Waals surface area contributed by atoms with Gasteiger partial charge in [-0.1, -0.05) is 90.4 Å². The van der Waals surface area contributed by atoms with E-state index in [1.54, 1.807) is 36.5 Å². The molecule has 2 aromatic carbocycles. The number of rotatable bonds is 20. The molecule has 0 saturated heterocycles. The summed E-state index contributed by atoms with van der Waals surface area (Å²) >= 11 is 1.42. The van der Waals surface area contributed by atoms with Crippen LogP contribution >= 0.6 is 11.3 Å². The quantitative estimate of drug-likeness (QED) is 0.0584. The lowest BCUT2D eigenvalue weighted by atomic mass is 10.0. The third kappa shape index (κ3) is 12.7. The molecule has 6 heteroatoms. The number of nitrogens with zero attached hydrogens (tertiary/aromatic N) is 2. The number of hydrogen-bond donors (Lipinski definition) is 0. The molecule has 5 nitrogen and oxygen atoms in total. The third-order valence-corrected chi connectivity index (χ3v) is 7.86. The predicted octanol–water partition coefficient (Wildman–Crippen LogP) is 10.4. The molecule has 41 heavy (non-hydrogen) atoms. The van der Waals surface area contributed by atoms with Crippen molar-refractivity contribution in [1.82, 2.24) is 0 Å². The maximum atomic E-state index is 12.6. The van der Waals surface area contributed by atoms with Crippen LogP contribution in [0.25, 0.3) is 0 Å². The number of nitriles is 1. The molecule has 0 N–H and O–H groups in total. The summed E-state index contributed by atoms with van der Waals surface area (Å²) in [5.74, 6) is 0.812. The van der Waals surface area contributed by atoms with Gasteiger partial charge in [-0.25, -0.2) is 9.79 Å². The molecule has 0 fully saturated rings. The number of thiophene rings is 1. The van der Waals surface area contributed by atoms with E-state index in [9.17, 15) is 4.79 Å². The molecule has 218 valence electrons. The van der Waals surface area contributed by atoms with E-state index in [4.69, 9.17) is 14.7 Å². The van der Waals surface area contributed by atoms with Crippen LogP contribution in [0.3, 0.4) is 0 Å². The average molecular weight is 573 g/mol. The van der Waals surface area contributed by atoms with Gasteiger partial charge in [0, 0.05) is 6.21 Å². The van der Waals surface area contributed by atoms with Crippen molar-refractivity contribution in [1.29, 1.82) is 5.26 Å². The molecular formula is C35H44N2O3S. The van der Waals surface area contributed by atoms with E-state index in [1.165, 1.54) is 94.8 Å². The Morgan fingerprint density at radius 2 is 1.34 bits per heavy atom. The van der Waals surface area contributed by atoms with Crippen LogP contribution in [0, 0.1) is 11.3 Å². The van der Waals surface area contributed by atoms with Crippen LogP contribution in [0.5, 0.6) is 11.5 Å². The standard InChI is InChI=1S/C35H44N2O3S/c1-2-3-4-5-6-7-8-9-10-11-12-13-14-15-25-39-32-22-18-30(19-23-32)35(38)40-33-20-16-29(17-21-33)28-37-34-31(27-36)24-26-41-34/h16-24,26,28H,2-15,25H2,1H3/b37-28+. The summed E-state index contributed by atoms with van der Waals surface area (Å²) < 4.78 is 11.4. The highest BCUT2D eigenvalue weighted by Crippen LogP contribution is 2.25. The van der Waals surface area contributed by atoms with Crippen LogP contribution in [0.2, 0.25) is 0 Å².